The standard InChI is InChI=1S/C18H16N4O/c1-23-17-6-7-20-18(21-17)13-4-5-16-15(8-13)14(9-19)11-22(16)10-12-2-3-12/h4-8,11-12H,2-3,10H2,1H3. The molecule has 1 aromatic carbocycles. The summed E-state index contributed by atoms with van der Waals surface area (Å²) < 4.78 is 7.35. The van der Waals surface area contributed by atoms with Crippen molar-refractivity contribution >= 4 is 10.9 Å². The van der Waals surface area contributed by atoms with Crippen LogP contribution < -0.4 is 4.74 Å². The predicted octanol–water partition coefficient (Wildman–Crippen LogP) is 3.39. The van der Waals surface area contributed by atoms with Crippen LogP contribution in [-0.4, -0.2) is 21.6 Å². The van der Waals surface area contributed by atoms with Gasteiger partial charge in [-0.25, -0.2) is 4.98 Å². The lowest BCUT2D eigenvalue weighted by molar-refractivity contribution is 0.397. The van der Waals surface area contributed by atoms with Gasteiger partial charge >= 0.3 is 0 Å². The number of benzene rings is 1. The van der Waals surface area contributed by atoms with Gasteiger partial charge < -0.3 is 9.30 Å². The zero-order valence-corrected chi connectivity index (χ0v) is 12.9. The first-order chi connectivity index (χ1) is 11.3. The molecule has 4 rings (SSSR count). The summed E-state index contributed by atoms with van der Waals surface area (Å²) in [6.45, 7) is 0.993. The third-order valence-corrected chi connectivity index (χ3v) is 4.25. The molecule has 2 aromatic heterocycles. The largest absolute Gasteiger partial charge is 0.481 e. The Morgan fingerprint density at radius 2 is 2.22 bits per heavy atom. The normalized spacial score (nSPS) is 13.9. The molecule has 0 amide bonds. The number of methoxy groups -OCH3 is 1. The first-order valence-corrected chi connectivity index (χ1v) is 7.69. The lowest BCUT2D eigenvalue weighted by atomic mass is 10.1. The Bertz CT molecular complexity index is 918. The van der Waals surface area contributed by atoms with Crippen LogP contribution in [-0.2, 0) is 6.54 Å². The van der Waals surface area contributed by atoms with Crippen molar-refractivity contribution in [3.63, 3.8) is 0 Å². The lowest BCUT2D eigenvalue weighted by Crippen LogP contribution is -1.97. The fraction of sp³-hybridized carbons (Fsp3) is 0.278. The van der Waals surface area contributed by atoms with E-state index in [0.717, 1.165) is 28.9 Å². The molecule has 114 valence electrons. The van der Waals surface area contributed by atoms with Crippen molar-refractivity contribution in [2.24, 2.45) is 5.92 Å². The second-order valence-corrected chi connectivity index (χ2v) is 5.90. The average Bonchev–Trinajstić information content (AvgIpc) is 3.35. The summed E-state index contributed by atoms with van der Waals surface area (Å²) in [7, 11) is 1.58. The van der Waals surface area contributed by atoms with Gasteiger partial charge in [-0.3, -0.25) is 0 Å². The molecule has 0 N–H and O–H groups in total. The number of nitriles is 1. The molecule has 23 heavy (non-hydrogen) atoms. The minimum absolute atomic E-state index is 0.530. The van der Waals surface area contributed by atoms with Crippen molar-refractivity contribution < 1.29 is 4.74 Å². The highest BCUT2D eigenvalue weighted by molar-refractivity contribution is 5.89. The topological polar surface area (TPSA) is 63.7 Å². The first kappa shape index (κ1) is 13.8. The second kappa shape index (κ2) is 5.40. The molecule has 0 bridgehead atoms. The Labute approximate surface area is 134 Å². The van der Waals surface area contributed by atoms with Gasteiger partial charge in [-0.2, -0.15) is 10.2 Å². The molecule has 5 heteroatoms. The number of fused-ring (bicyclic) bond motifs is 1. The minimum atomic E-state index is 0.530. The fourth-order valence-corrected chi connectivity index (χ4v) is 2.85. The summed E-state index contributed by atoms with van der Waals surface area (Å²) in [5.41, 5.74) is 2.68. The number of aromatic nitrogens is 3. The molecule has 0 atom stereocenters. The maximum absolute atomic E-state index is 9.43. The fourth-order valence-electron chi connectivity index (χ4n) is 2.85. The molecule has 0 spiro atoms. The maximum atomic E-state index is 9.43. The maximum Gasteiger partial charge on any atom is 0.216 e. The van der Waals surface area contributed by atoms with Crippen LogP contribution in [0, 0.1) is 17.2 Å². The van der Waals surface area contributed by atoms with Crippen LogP contribution in [0.5, 0.6) is 5.88 Å². The molecular formula is C18H16N4O. The van der Waals surface area contributed by atoms with Gasteiger partial charge in [0.1, 0.15) is 6.07 Å². The van der Waals surface area contributed by atoms with Gasteiger partial charge in [0.2, 0.25) is 5.88 Å². The van der Waals surface area contributed by atoms with E-state index in [4.69, 9.17) is 4.74 Å². The van der Waals surface area contributed by atoms with Crippen LogP contribution in [0.3, 0.4) is 0 Å². The zero-order valence-electron chi connectivity index (χ0n) is 12.9. The number of rotatable bonds is 4. The van der Waals surface area contributed by atoms with Crippen LogP contribution in [0.25, 0.3) is 22.3 Å². The Morgan fingerprint density at radius 1 is 1.35 bits per heavy atom. The van der Waals surface area contributed by atoms with Gasteiger partial charge in [0.25, 0.3) is 0 Å². The number of nitrogens with zero attached hydrogens (tertiary/aromatic N) is 4. The molecule has 1 aliphatic carbocycles. The summed E-state index contributed by atoms with van der Waals surface area (Å²) in [4.78, 5) is 8.67. The highest BCUT2D eigenvalue weighted by atomic mass is 16.5. The van der Waals surface area contributed by atoms with Crippen LogP contribution in [0.4, 0.5) is 0 Å². The highest BCUT2D eigenvalue weighted by Gasteiger charge is 2.23. The van der Waals surface area contributed by atoms with Crippen molar-refractivity contribution in [3.05, 3.63) is 42.2 Å². The molecule has 0 radical (unpaired) electrons. The predicted molar refractivity (Wildman–Crippen MR) is 87.0 cm³/mol. The van der Waals surface area contributed by atoms with Crippen LogP contribution in [0.15, 0.2) is 36.7 Å². The smallest absolute Gasteiger partial charge is 0.216 e. The number of hydrogen-bond acceptors (Lipinski definition) is 4. The van der Waals surface area contributed by atoms with E-state index in [2.05, 4.69) is 26.7 Å². The van der Waals surface area contributed by atoms with Gasteiger partial charge in [-0.05, 0) is 37.0 Å². The summed E-state index contributed by atoms with van der Waals surface area (Å²) in [6, 6.07) is 10.1. The molecule has 3 aromatic rings. The van der Waals surface area contributed by atoms with Crippen molar-refractivity contribution in [3.8, 4) is 23.3 Å². The lowest BCUT2D eigenvalue weighted by Gasteiger charge is -2.05. The summed E-state index contributed by atoms with van der Waals surface area (Å²) in [5.74, 6) is 1.89. The van der Waals surface area contributed by atoms with E-state index in [0.29, 0.717) is 17.3 Å². The monoisotopic (exact) mass is 304 g/mol. The van der Waals surface area contributed by atoms with Crippen molar-refractivity contribution in [1.82, 2.24) is 14.5 Å². The van der Waals surface area contributed by atoms with Crippen molar-refractivity contribution in [2.75, 3.05) is 7.11 Å². The van der Waals surface area contributed by atoms with E-state index in [1.54, 1.807) is 19.4 Å². The van der Waals surface area contributed by atoms with Gasteiger partial charge in [0.05, 0.1) is 12.7 Å². The zero-order chi connectivity index (χ0) is 15.8. The Kier molecular flexibility index (Phi) is 3.23. The second-order valence-electron chi connectivity index (χ2n) is 5.90. The molecule has 1 aliphatic rings. The van der Waals surface area contributed by atoms with Crippen LogP contribution in [0.2, 0.25) is 0 Å². The number of ether oxygens (including phenoxy) is 1. The summed E-state index contributed by atoms with van der Waals surface area (Å²) in [5, 5.41) is 10.4. The van der Waals surface area contributed by atoms with E-state index in [1.165, 1.54) is 12.8 Å². The van der Waals surface area contributed by atoms with Crippen molar-refractivity contribution in [1.29, 1.82) is 5.26 Å². The SMILES string of the molecule is COc1ccnc(-c2ccc3c(c2)c(C#N)cn3CC2CC2)n1. The molecule has 1 saturated carbocycles. The van der Waals surface area contributed by atoms with Crippen molar-refractivity contribution in [2.45, 2.75) is 19.4 Å². The van der Waals surface area contributed by atoms with Gasteiger partial charge in [-0.15, -0.1) is 0 Å². The molecular weight excluding hydrogens is 288 g/mol. The molecule has 5 nitrogen and oxygen atoms in total. The quantitative estimate of drug-likeness (QED) is 0.741. The molecule has 0 saturated heterocycles. The Balaban J connectivity index is 1.81. The molecule has 1 fully saturated rings. The third-order valence-electron chi connectivity index (χ3n) is 4.25. The summed E-state index contributed by atoms with van der Waals surface area (Å²) in [6.07, 6.45) is 6.21. The van der Waals surface area contributed by atoms with E-state index in [-0.39, 0.29) is 0 Å². The highest BCUT2D eigenvalue weighted by Crippen LogP contribution is 2.33. The van der Waals surface area contributed by atoms with E-state index in [1.807, 2.05) is 18.3 Å². The van der Waals surface area contributed by atoms with E-state index >= 15 is 0 Å². The third kappa shape index (κ3) is 2.53. The van der Waals surface area contributed by atoms with Gasteiger partial charge in [-0.1, -0.05) is 0 Å². The molecule has 0 unspecified atom stereocenters. The van der Waals surface area contributed by atoms with Gasteiger partial charge in [0, 0.05) is 41.5 Å². The Morgan fingerprint density at radius 3 is 2.96 bits per heavy atom. The molecule has 0 aliphatic heterocycles. The Hall–Kier alpha value is -2.87. The first-order valence-electron chi connectivity index (χ1n) is 7.69. The van der Waals surface area contributed by atoms with Crippen LogP contribution in [0.1, 0.15) is 18.4 Å². The van der Waals surface area contributed by atoms with E-state index < -0.39 is 0 Å². The van der Waals surface area contributed by atoms with Gasteiger partial charge in [0.15, 0.2) is 5.82 Å². The van der Waals surface area contributed by atoms with Crippen LogP contribution >= 0.6 is 0 Å². The molecule has 2 heterocycles. The number of hydrogen-bond donors (Lipinski definition) is 0. The van der Waals surface area contributed by atoms with E-state index in [9.17, 15) is 5.26 Å². The summed E-state index contributed by atoms with van der Waals surface area (Å²) >= 11 is 0. The minimum Gasteiger partial charge on any atom is -0.481 e. The average molecular weight is 304 g/mol.